The molecule has 0 aliphatic rings. The fraction of sp³-hybridized carbons (Fsp3) is 0.273. The number of aromatic carboxylic acids is 1. The molecule has 0 bridgehead atoms. The third kappa shape index (κ3) is 4.10. The van der Waals surface area contributed by atoms with Gasteiger partial charge >= 0.3 is 5.97 Å². The number of halogens is 1. The molecule has 0 aliphatic carbocycles. The summed E-state index contributed by atoms with van der Waals surface area (Å²) < 4.78 is 28.0. The highest BCUT2D eigenvalue weighted by molar-refractivity contribution is 8.13. The van der Waals surface area contributed by atoms with Crippen LogP contribution in [0.15, 0.2) is 23.1 Å². The molecule has 1 amide bonds. The number of carbonyl (C=O) groups is 2. The second kappa shape index (κ2) is 6.10. The highest BCUT2D eigenvalue weighted by atomic mass is 35.7. The standard InChI is InChI=1S/C11H12ClNO6S/c1-6(10(13)14)5-19-8-3-2-7(11(15)16)4-9(8)20(12,17)18/h2-4,6H,5H2,1H3,(H2,13,14)(H,15,16). The Balaban J connectivity index is 3.13. The molecule has 0 radical (unpaired) electrons. The second-order valence-corrected chi connectivity index (χ2v) is 6.55. The molecule has 20 heavy (non-hydrogen) atoms. The first-order valence-electron chi connectivity index (χ1n) is 5.37. The van der Waals surface area contributed by atoms with Crippen molar-refractivity contribution in [2.75, 3.05) is 6.61 Å². The summed E-state index contributed by atoms with van der Waals surface area (Å²) in [6.45, 7) is 1.35. The number of amides is 1. The van der Waals surface area contributed by atoms with E-state index in [0.717, 1.165) is 18.2 Å². The van der Waals surface area contributed by atoms with Crippen molar-refractivity contribution < 1.29 is 27.9 Å². The molecular weight excluding hydrogens is 310 g/mol. The molecule has 0 aromatic heterocycles. The number of primary amides is 1. The van der Waals surface area contributed by atoms with E-state index in [1.807, 2.05) is 0 Å². The van der Waals surface area contributed by atoms with Crippen LogP contribution in [0.2, 0.25) is 0 Å². The molecule has 0 saturated heterocycles. The van der Waals surface area contributed by atoms with Gasteiger partial charge in [0.2, 0.25) is 5.91 Å². The Hall–Kier alpha value is -1.80. The topological polar surface area (TPSA) is 124 Å². The van der Waals surface area contributed by atoms with Crippen LogP contribution in [0.1, 0.15) is 17.3 Å². The number of hydrogen-bond donors (Lipinski definition) is 2. The van der Waals surface area contributed by atoms with Crippen LogP contribution < -0.4 is 10.5 Å². The summed E-state index contributed by atoms with van der Waals surface area (Å²) >= 11 is 0. The van der Waals surface area contributed by atoms with Crippen molar-refractivity contribution in [2.45, 2.75) is 11.8 Å². The lowest BCUT2D eigenvalue weighted by Gasteiger charge is -2.12. The molecule has 1 rings (SSSR count). The molecule has 110 valence electrons. The third-order valence-electron chi connectivity index (χ3n) is 2.43. The van der Waals surface area contributed by atoms with E-state index >= 15 is 0 Å². The fourth-order valence-corrected chi connectivity index (χ4v) is 2.24. The van der Waals surface area contributed by atoms with Crippen molar-refractivity contribution in [1.82, 2.24) is 0 Å². The average Bonchev–Trinajstić information content (AvgIpc) is 2.34. The van der Waals surface area contributed by atoms with Gasteiger partial charge in [-0.15, -0.1) is 0 Å². The normalized spacial score (nSPS) is 12.7. The zero-order chi connectivity index (χ0) is 15.5. The summed E-state index contributed by atoms with van der Waals surface area (Å²) in [4.78, 5) is 21.2. The Labute approximate surface area is 119 Å². The van der Waals surface area contributed by atoms with Crippen LogP contribution in [0.3, 0.4) is 0 Å². The Morgan fingerprint density at radius 1 is 1.45 bits per heavy atom. The number of benzene rings is 1. The number of carboxylic acid groups (broad SMARTS) is 1. The number of carbonyl (C=O) groups excluding carboxylic acids is 1. The van der Waals surface area contributed by atoms with E-state index < -0.39 is 31.7 Å². The molecule has 0 heterocycles. The van der Waals surface area contributed by atoms with Crippen molar-refractivity contribution in [3.63, 3.8) is 0 Å². The summed E-state index contributed by atoms with van der Waals surface area (Å²) in [6, 6.07) is 3.21. The number of carboxylic acids is 1. The van der Waals surface area contributed by atoms with E-state index in [9.17, 15) is 18.0 Å². The van der Waals surface area contributed by atoms with Crippen LogP contribution >= 0.6 is 10.7 Å². The third-order valence-corrected chi connectivity index (χ3v) is 3.77. The van der Waals surface area contributed by atoms with E-state index in [1.165, 1.54) is 6.92 Å². The van der Waals surface area contributed by atoms with Crippen molar-refractivity contribution in [1.29, 1.82) is 0 Å². The van der Waals surface area contributed by atoms with Crippen LogP contribution in [-0.2, 0) is 13.8 Å². The number of hydrogen-bond acceptors (Lipinski definition) is 5. The van der Waals surface area contributed by atoms with Crippen LogP contribution in [-0.4, -0.2) is 32.0 Å². The van der Waals surface area contributed by atoms with Crippen LogP contribution in [0.4, 0.5) is 0 Å². The minimum absolute atomic E-state index is 0.141. The first-order valence-corrected chi connectivity index (χ1v) is 7.68. The molecule has 1 aromatic carbocycles. The minimum Gasteiger partial charge on any atom is -0.491 e. The zero-order valence-corrected chi connectivity index (χ0v) is 11.9. The van der Waals surface area contributed by atoms with Gasteiger partial charge in [-0.2, -0.15) is 0 Å². The van der Waals surface area contributed by atoms with Crippen molar-refractivity contribution in [3.8, 4) is 5.75 Å². The lowest BCUT2D eigenvalue weighted by molar-refractivity contribution is -0.122. The number of nitrogens with two attached hydrogens (primary N) is 1. The molecule has 0 fully saturated rings. The quantitative estimate of drug-likeness (QED) is 0.747. The second-order valence-electron chi connectivity index (χ2n) is 4.02. The van der Waals surface area contributed by atoms with E-state index in [0.29, 0.717) is 0 Å². The largest absolute Gasteiger partial charge is 0.491 e. The van der Waals surface area contributed by atoms with Crippen molar-refractivity contribution >= 4 is 31.6 Å². The summed E-state index contributed by atoms with van der Waals surface area (Å²) in [7, 11) is 1.04. The molecule has 3 N–H and O–H groups in total. The fourth-order valence-electron chi connectivity index (χ4n) is 1.25. The average molecular weight is 322 g/mol. The first kappa shape index (κ1) is 16.3. The highest BCUT2D eigenvalue weighted by Crippen LogP contribution is 2.28. The van der Waals surface area contributed by atoms with Crippen LogP contribution in [0.25, 0.3) is 0 Å². The molecule has 0 spiro atoms. The van der Waals surface area contributed by atoms with Crippen LogP contribution in [0.5, 0.6) is 5.75 Å². The Morgan fingerprint density at radius 3 is 2.50 bits per heavy atom. The van der Waals surface area contributed by atoms with Gasteiger partial charge in [-0.05, 0) is 18.2 Å². The van der Waals surface area contributed by atoms with Gasteiger partial charge in [-0.3, -0.25) is 4.79 Å². The SMILES string of the molecule is CC(COc1ccc(C(=O)O)cc1S(=O)(=O)Cl)C(N)=O. The van der Waals surface area contributed by atoms with Gasteiger partial charge in [0.15, 0.2) is 0 Å². The van der Waals surface area contributed by atoms with Gasteiger partial charge < -0.3 is 15.6 Å². The smallest absolute Gasteiger partial charge is 0.335 e. The van der Waals surface area contributed by atoms with Gasteiger partial charge in [-0.1, -0.05) is 6.92 Å². The van der Waals surface area contributed by atoms with Gasteiger partial charge in [0.05, 0.1) is 18.1 Å². The number of ether oxygens (including phenoxy) is 1. The summed E-state index contributed by atoms with van der Waals surface area (Å²) in [6.07, 6.45) is 0. The Kier molecular flexibility index (Phi) is 4.96. The lowest BCUT2D eigenvalue weighted by atomic mass is 10.2. The predicted octanol–water partition coefficient (Wildman–Crippen LogP) is 0.812. The van der Waals surface area contributed by atoms with Crippen molar-refractivity contribution in [3.05, 3.63) is 23.8 Å². The molecule has 1 unspecified atom stereocenters. The van der Waals surface area contributed by atoms with E-state index in [2.05, 4.69) is 0 Å². The van der Waals surface area contributed by atoms with Crippen molar-refractivity contribution in [2.24, 2.45) is 11.7 Å². The lowest BCUT2D eigenvalue weighted by Crippen LogP contribution is -2.26. The summed E-state index contributed by atoms with van der Waals surface area (Å²) in [5.41, 5.74) is 4.80. The number of rotatable bonds is 6. The van der Waals surface area contributed by atoms with E-state index in [-0.39, 0.29) is 17.9 Å². The maximum atomic E-state index is 11.4. The Morgan fingerprint density at radius 2 is 2.05 bits per heavy atom. The monoisotopic (exact) mass is 321 g/mol. The highest BCUT2D eigenvalue weighted by Gasteiger charge is 2.20. The molecule has 1 atom stereocenters. The summed E-state index contributed by atoms with van der Waals surface area (Å²) in [5.74, 6) is -2.69. The maximum Gasteiger partial charge on any atom is 0.335 e. The molecule has 0 aliphatic heterocycles. The summed E-state index contributed by atoms with van der Waals surface area (Å²) in [5, 5.41) is 8.82. The zero-order valence-electron chi connectivity index (χ0n) is 10.4. The van der Waals surface area contributed by atoms with Crippen LogP contribution in [0, 0.1) is 5.92 Å². The molecule has 9 heteroatoms. The Bertz CT molecular complexity index is 642. The van der Waals surface area contributed by atoms with E-state index in [1.54, 1.807) is 0 Å². The first-order chi connectivity index (χ1) is 9.12. The van der Waals surface area contributed by atoms with E-state index in [4.69, 9.17) is 26.3 Å². The van der Waals surface area contributed by atoms with Gasteiger partial charge in [0.25, 0.3) is 9.05 Å². The van der Waals surface area contributed by atoms with Gasteiger partial charge in [0, 0.05) is 10.7 Å². The molecule has 1 aromatic rings. The van der Waals surface area contributed by atoms with Gasteiger partial charge in [-0.25, -0.2) is 13.2 Å². The maximum absolute atomic E-state index is 11.4. The van der Waals surface area contributed by atoms with Gasteiger partial charge in [0.1, 0.15) is 10.6 Å². The molecule has 7 nitrogen and oxygen atoms in total. The minimum atomic E-state index is -4.19. The molecule has 0 saturated carbocycles. The molecular formula is C11H12ClNO6S. The predicted molar refractivity (Wildman–Crippen MR) is 70.3 cm³/mol.